The summed E-state index contributed by atoms with van der Waals surface area (Å²) in [7, 11) is -3.93. The van der Waals surface area contributed by atoms with Crippen LogP contribution in [0.15, 0.2) is 29.2 Å². The summed E-state index contributed by atoms with van der Waals surface area (Å²) in [5, 5.41) is 2.34. The number of nitrogens with zero attached hydrogens (tertiary/aromatic N) is 2. The van der Waals surface area contributed by atoms with Gasteiger partial charge in [0.25, 0.3) is 0 Å². The largest absolute Gasteiger partial charge is 0.573 e. The molecule has 0 spiro atoms. The van der Waals surface area contributed by atoms with Gasteiger partial charge in [-0.1, -0.05) is 0 Å². The Bertz CT molecular complexity index is 787. The van der Waals surface area contributed by atoms with Gasteiger partial charge < -0.3 is 10.1 Å². The lowest BCUT2D eigenvalue weighted by atomic mass is 10.1. The zero-order valence-corrected chi connectivity index (χ0v) is 13.3. The molecule has 2 aliphatic rings. The highest BCUT2D eigenvalue weighted by Crippen LogP contribution is 2.28. The number of rotatable bonds is 4. The smallest absolute Gasteiger partial charge is 0.406 e. The highest BCUT2D eigenvalue weighted by atomic mass is 32.2. The van der Waals surface area contributed by atoms with E-state index in [4.69, 9.17) is 0 Å². The third kappa shape index (κ3) is 3.39. The number of carbonyl (C=O) groups excluding carboxylic acids is 2. The quantitative estimate of drug-likeness (QED) is 0.769. The second-order valence-electron chi connectivity index (χ2n) is 5.42. The van der Waals surface area contributed by atoms with E-state index in [2.05, 4.69) is 10.1 Å². The second kappa shape index (κ2) is 5.88. The van der Waals surface area contributed by atoms with E-state index in [1.165, 1.54) is 0 Å². The third-order valence-corrected chi connectivity index (χ3v) is 5.61. The summed E-state index contributed by atoms with van der Waals surface area (Å²) in [6.45, 7) is -0.257. The van der Waals surface area contributed by atoms with Crippen LogP contribution in [-0.4, -0.2) is 61.6 Å². The number of amides is 3. The first-order valence-electron chi connectivity index (χ1n) is 7.04. The van der Waals surface area contributed by atoms with Crippen molar-refractivity contribution in [2.45, 2.75) is 17.3 Å². The molecule has 3 rings (SSSR count). The number of nitrogens with one attached hydrogen (secondary N) is 1. The standard InChI is InChI=1S/C13H12F3N3O5S/c14-13(15,16)24-9-1-3-10(4-2-9)25(22,23)18-6-8(7-18)19-11(20)5-17-12(19)21/h1-4,8H,5-7H2,(H,17,21). The maximum Gasteiger partial charge on any atom is 0.573 e. The SMILES string of the molecule is O=C1CNC(=O)N1C1CN(S(=O)(=O)c2ccc(OC(F)(F)F)cc2)C1. The fourth-order valence-electron chi connectivity index (χ4n) is 2.54. The van der Waals surface area contributed by atoms with Gasteiger partial charge in [0.2, 0.25) is 15.9 Å². The monoisotopic (exact) mass is 379 g/mol. The number of benzene rings is 1. The van der Waals surface area contributed by atoms with Gasteiger partial charge in [0.15, 0.2) is 0 Å². The second-order valence-corrected chi connectivity index (χ2v) is 7.36. The fraction of sp³-hybridized carbons (Fsp3) is 0.385. The maximum atomic E-state index is 12.4. The Balaban J connectivity index is 1.67. The van der Waals surface area contributed by atoms with Crippen LogP contribution in [0.4, 0.5) is 18.0 Å². The molecule has 136 valence electrons. The third-order valence-electron chi connectivity index (χ3n) is 3.77. The molecule has 2 heterocycles. The number of sulfonamides is 1. The van der Waals surface area contributed by atoms with Gasteiger partial charge in [0.05, 0.1) is 17.5 Å². The molecule has 0 radical (unpaired) electrons. The van der Waals surface area contributed by atoms with Crippen molar-refractivity contribution >= 4 is 22.0 Å². The van der Waals surface area contributed by atoms with Gasteiger partial charge >= 0.3 is 12.4 Å². The van der Waals surface area contributed by atoms with E-state index < -0.39 is 40.1 Å². The minimum atomic E-state index is -4.87. The number of alkyl halides is 3. The van der Waals surface area contributed by atoms with Crippen LogP contribution in [0.3, 0.4) is 0 Å². The summed E-state index contributed by atoms with van der Waals surface area (Å²) < 4.78 is 65.8. The summed E-state index contributed by atoms with van der Waals surface area (Å²) in [6.07, 6.45) is -4.87. The van der Waals surface area contributed by atoms with Gasteiger partial charge in [-0.05, 0) is 24.3 Å². The van der Waals surface area contributed by atoms with E-state index in [9.17, 15) is 31.2 Å². The molecule has 0 aliphatic carbocycles. The Morgan fingerprint density at radius 3 is 2.20 bits per heavy atom. The molecule has 1 N–H and O–H groups in total. The molecule has 0 aromatic heterocycles. The molecule has 12 heteroatoms. The number of imide groups is 1. The Morgan fingerprint density at radius 1 is 1.12 bits per heavy atom. The van der Waals surface area contributed by atoms with Gasteiger partial charge in [-0.2, -0.15) is 4.31 Å². The molecule has 0 atom stereocenters. The molecule has 2 saturated heterocycles. The van der Waals surface area contributed by atoms with Crippen molar-refractivity contribution in [1.82, 2.24) is 14.5 Å². The average molecular weight is 379 g/mol. The number of ether oxygens (including phenoxy) is 1. The van der Waals surface area contributed by atoms with E-state index in [0.717, 1.165) is 33.5 Å². The molecule has 0 saturated carbocycles. The summed E-state index contributed by atoms with van der Waals surface area (Å²) in [6, 6.07) is 2.66. The first-order valence-corrected chi connectivity index (χ1v) is 8.48. The van der Waals surface area contributed by atoms with Crippen molar-refractivity contribution in [3.05, 3.63) is 24.3 Å². The van der Waals surface area contributed by atoms with E-state index in [1.54, 1.807) is 0 Å². The van der Waals surface area contributed by atoms with Crippen LogP contribution < -0.4 is 10.1 Å². The zero-order valence-electron chi connectivity index (χ0n) is 12.5. The van der Waals surface area contributed by atoms with Crippen LogP contribution in [0.2, 0.25) is 0 Å². The number of carbonyl (C=O) groups is 2. The van der Waals surface area contributed by atoms with Gasteiger partial charge in [-0.3, -0.25) is 9.69 Å². The van der Waals surface area contributed by atoms with E-state index in [-0.39, 0.29) is 24.5 Å². The molecule has 0 unspecified atom stereocenters. The molecule has 2 fully saturated rings. The molecular weight excluding hydrogens is 367 g/mol. The van der Waals surface area contributed by atoms with Crippen molar-refractivity contribution in [2.75, 3.05) is 19.6 Å². The van der Waals surface area contributed by atoms with Crippen molar-refractivity contribution in [2.24, 2.45) is 0 Å². The number of hydrogen-bond donors (Lipinski definition) is 1. The predicted octanol–water partition coefficient (Wildman–Crippen LogP) is 0.510. The van der Waals surface area contributed by atoms with Gasteiger partial charge in [0, 0.05) is 13.1 Å². The minimum Gasteiger partial charge on any atom is -0.406 e. The van der Waals surface area contributed by atoms with Crippen LogP contribution >= 0.6 is 0 Å². The molecule has 25 heavy (non-hydrogen) atoms. The number of urea groups is 1. The van der Waals surface area contributed by atoms with Crippen LogP contribution in [0.1, 0.15) is 0 Å². The molecule has 2 aliphatic heterocycles. The Hall–Kier alpha value is -2.34. The lowest BCUT2D eigenvalue weighted by Gasteiger charge is -2.41. The minimum absolute atomic E-state index is 0.0672. The van der Waals surface area contributed by atoms with Crippen molar-refractivity contribution < 1.29 is 35.9 Å². The summed E-state index contributed by atoms with van der Waals surface area (Å²) in [5.41, 5.74) is 0. The zero-order chi connectivity index (χ0) is 18.4. The predicted molar refractivity (Wildman–Crippen MR) is 75.9 cm³/mol. The maximum absolute atomic E-state index is 12.4. The highest BCUT2D eigenvalue weighted by molar-refractivity contribution is 7.89. The summed E-state index contributed by atoms with van der Waals surface area (Å²) >= 11 is 0. The topological polar surface area (TPSA) is 96.0 Å². The molecule has 3 amide bonds. The lowest BCUT2D eigenvalue weighted by Crippen LogP contribution is -2.62. The Kier molecular flexibility index (Phi) is 4.11. The first kappa shape index (κ1) is 17.5. The molecule has 0 bridgehead atoms. The normalized spacial score (nSPS) is 19.7. The van der Waals surface area contributed by atoms with E-state index >= 15 is 0 Å². The number of hydrogen-bond acceptors (Lipinski definition) is 5. The van der Waals surface area contributed by atoms with Crippen molar-refractivity contribution in [3.63, 3.8) is 0 Å². The molecule has 1 aromatic rings. The van der Waals surface area contributed by atoms with E-state index in [1.807, 2.05) is 0 Å². The lowest BCUT2D eigenvalue weighted by molar-refractivity contribution is -0.274. The van der Waals surface area contributed by atoms with Crippen LogP contribution in [0, 0.1) is 0 Å². The van der Waals surface area contributed by atoms with Gasteiger partial charge in [0.1, 0.15) is 5.75 Å². The summed E-state index contributed by atoms with van der Waals surface area (Å²) in [5.74, 6) is -0.965. The van der Waals surface area contributed by atoms with Crippen molar-refractivity contribution in [3.8, 4) is 5.75 Å². The molecular formula is C13H12F3N3O5S. The Labute approximate surface area is 140 Å². The highest BCUT2D eigenvalue weighted by Gasteiger charge is 2.45. The number of halogens is 3. The summed E-state index contributed by atoms with van der Waals surface area (Å²) in [4.78, 5) is 23.9. The average Bonchev–Trinajstić information content (AvgIpc) is 2.76. The Morgan fingerprint density at radius 2 is 1.72 bits per heavy atom. The van der Waals surface area contributed by atoms with E-state index in [0.29, 0.717) is 0 Å². The van der Waals surface area contributed by atoms with Crippen molar-refractivity contribution in [1.29, 1.82) is 0 Å². The van der Waals surface area contributed by atoms with Crippen LogP contribution in [0.5, 0.6) is 5.75 Å². The molecule has 1 aromatic carbocycles. The fourth-order valence-corrected chi connectivity index (χ4v) is 4.06. The first-order chi connectivity index (χ1) is 11.6. The van der Waals surface area contributed by atoms with Gasteiger partial charge in [-0.25, -0.2) is 13.2 Å². The van der Waals surface area contributed by atoms with Gasteiger partial charge in [-0.15, -0.1) is 13.2 Å². The molecule has 8 nitrogen and oxygen atoms in total. The van der Waals surface area contributed by atoms with Crippen LogP contribution in [-0.2, 0) is 14.8 Å². The van der Waals surface area contributed by atoms with Crippen LogP contribution in [0.25, 0.3) is 0 Å².